The third-order valence-electron chi connectivity index (χ3n) is 7.29. The quantitative estimate of drug-likeness (QED) is 0.141. The molecule has 11 heteroatoms. The Balaban J connectivity index is 1.57. The van der Waals surface area contributed by atoms with Crippen LogP contribution >= 0.6 is 11.6 Å². The van der Waals surface area contributed by atoms with Crippen molar-refractivity contribution in [3.05, 3.63) is 130 Å². The van der Waals surface area contributed by atoms with E-state index in [9.17, 15) is 26.4 Å². The van der Waals surface area contributed by atoms with Crippen LogP contribution in [0.4, 0.5) is 13.2 Å². The molecule has 0 saturated heterocycles. The number of halogens is 4. The van der Waals surface area contributed by atoms with Crippen LogP contribution in [0.5, 0.6) is 5.75 Å². The summed E-state index contributed by atoms with van der Waals surface area (Å²) < 4.78 is 71.3. The number of alkyl halides is 3. The number of sulfone groups is 1. The summed E-state index contributed by atoms with van der Waals surface area (Å²) in [7, 11) is -3.71. The van der Waals surface area contributed by atoms with E-state index in [1.54, 1.807) is 6.07 Å². The summed E-state index contributed by atoms with van der Waals surface area (Å²) in [4.78, 5) is 13.1. The largest absolute Gasteiger partial charge is 0.494 e. The first kappa shape index (κ1) is 34.0. The van der Waals surface area contributed by atoms with E-state index >= 15 is 0 Å². The smallest absolute Gasteiger partial charge is 0.417 e. The molecule has 1 N–H and O–H groups in total. The van der Waals surface area contributed by atoms with Gasteiger partial charge in [0.25, 0.3) is 0 Å². The van der Waals surface area contributed by atoms with Crippen molar-refractivity contribution in [2.45, 2.75) is 36.4 Å². The average Bonchev–Trinajstić information content (AvgIpc) is 2.99. The number of aliphatic carboxylic acids is 1. The Labute approximate surface area is 266 Å². The number of ether oxygens (including phenoxy) is 1. The zero-order chi connectivity index (χ0) is 32.6. The minimum atomic E-state index is -4.59. The summed E-state index contributed by atoms with van der Waals surface area (Å²) in [5, 5.41) is 8.81. The molecule has 4 aromatic carbocycles. The van der Waals surface area contributed by atoms with Crippen molar-refractivity contribution in [3.8, 4) is 5.75 Å². The van der Waals surface area contributed by atoms with E-state index in [1.807, 2.05) is 65.6 Å². The molecule has 0 saturated carbocycles. The van der Waals surface area contributed by atoms with Gasteiger partial charge in [-0.2, -0.15) is 13.2 Å². The maximum Gasteiger partial charge on any atom is 0.417 e. The molecule has 238 valence electrons. The van der Waals surface area contributed by atoms with Gasteiger partial charge >= 0.3 is 12.1 Å². The van der Waals surface area contributed by atoms with E-state index in [-0.39, 0.29) is 40.3 Å². The van der Waals surface area contributed by atoms with Crippen molar-refractivity contribution >= 4 is 27.4 Å². The highest BCUT2D eigenvalue weighted by atomic mass is 35.5. The third kappa shape index (κ3) is 9.56. The second kappa shape index (κ2) is 14.9. The Morgan fingerprint density at radius 2 is 1.53 bits per heavy atom. The van der Waals surface area contributed by atoms with Gasteiger partial charge in [-0.3, -0.25) is 9.69 Å². The SMILES string of the molecule is CS(=O)(=O)c1cc(OCCCN(Cc2cccc(C(F)(F)F)c2Cl)CC(c2ccccc2)c2ccccc2)ccc1CC(=O)O. The van der Waals surface area contributed by atoms with E-state index in [4.69, 9.17) is 21.4 Å². The molecular formula is C34H33ClF3NO5S. The summed E-state index contributed by atoms with van der Waals surface area (Å²) in [6, 6.07) is 27.9. The van der Waals surface area contributed by atoms with Gasteiger partial charge in [-0.15, -0.1) is 0 Å². The molecule has 0 bridgehead atoms. The number of carbonyl (C=O) groups is 1. The zero-order valence-corrected chi connectivity index (χ0v) is 26.1. The van der Waals surface area contributed by atoms with E-state index in [0.29, 0.717) is 25.1 Å². The van der Waals surface area contributed by atoms with E-state index < -0.39 is 34.0 Å². The molecule has 0 aliphatic heterocycles. The maximum atomic E-state index is 13.6. The van der Waals surface area contributed by atoms with Crippen molar-refractivity contribution in [1.82, 2.24) is 4.90 Å². The predicted molar refractivity (Wildman–Crippen MR) is 167 cm³/mol. The summed E-state index contributed by atoms with van der Waals surface area (Å²) in [5.41, 5.74) is 1.72. The lowest BCUT2D eigenvalue weighted by Gasteiger charge is -2.29. The van der Waals surface area contributed by atoms with E-state index in [0.717, 1.165) is 23.4 Å². The van der Waals surface area contributed by atoms with Gasteiger partial charge in [-0.25, -0.2) is 8.42 Å². The van der Waals surface area contributed by atoms with Crippen LogP contribution in [0.2, 0.25) is 5.02 Å². The Morgan fingerprint density at radius 3 is 2.09 bits per heavy atom. The predicted octanol–water partition coefficient (Wildman–Crippen LogP) is 7.49. The van der Waals surface area contributed by atoms with Gasteiger partial charge in [-0.1, -0.05) is 90.5 Å². The molecule has 4 aromatic rings. The van der Waals surface area contributed by atoms with Crippen molar-refractivity contribution in [2.75, 3.05) is 26.0 Å². The van der Waals surface area contributed by atoms with Crippen LogP contribution in [-0.4, -0.2) is 50.3 Å². The molecular weight excluding hydrogens is 627 g/mol. The molecule has 0 fully saturated rings. The second-order valence-corrected chi connectivity index (χ2v) is 13.1. The van der Waals surface area contributed by atoms with Gasteiger partial charge < -0.3 is 9.84 Å². The highest BCUT2D eigenvalue weighted by Crippen LogP contribution is 2.37. The molecule has 0 unspecified atom stereocenters. The molecule has 0 atom stereocenters. The van der Waals surface area contributed by atoms with Gasteiger partial charge in [0.2, 0.25) is 0 Å². The Kier molecular flexibility index (Phi) is 11.3. The molecule has 0 aliphatic carbocycles. The third-order valence-corrected chi connectivity index (χ3v) is 8.92. The van der Waals surface area contributed by atoms with Crippen LogP contribution in [-0.2, 0) is 33.8 Å². The fourth-order valence-corrected chi connectivity index (χ4v) is 6.43. The van der Waals surface area contributed by atoms with Crippen molar-refractivity contribution < 1.29 is 36.2 Å². The lowest BCUT2D eigenvalue weighted by molar-refractivity contribution is -0.138. The molecule has 0 aliphatic rings. The summed E-state index contributed by atoms with van der Waals surface area (Å²) in [6.07, 6.45) is -3.57. The number of nitrogens with zero attached hydrogens (tertiary/aromatic N) is 1. The van der Waals surface area contributed by atoms with Gasteiger partial charge in [0, 0.05) is 31.8 Å². The average molecular weight is 660 g/mol. The van der Waals surface area contributed by atoms with E-state index in [2.05, 4.69) is 0 Å². The van der Waals surface area contributed by atoms with Crippen LogP contribution in [0.3, 0.4) is 0 Å². The molecule has 6 nitrogen and oxygen atoms in total. The molecule has 4 rings (SSSR count). The summed E-state index contributed by atoms with van der Waals surface area (Å²) >= 11 is 6.29. The zero-order valence-electron chi connectivity index (χ0n) is 24.5. The first-order chi connectivity index (χ1) is 21.3. The van der Waals surface area contributed by atoms with Gasteiger partial charge in [-0.05, 0) is 46.9 Å². The molecule has 45 heavy (non-hydrogen) atoms. The van der Waals surface area contributed by atoms with E-state index in [1.165, 1.54) is 24.3 Å². The number of carboxylic acids is 1. The summed E-state index contributed by atoms with van der Waals surface area (Å²) in [6.45, 7) is 1.23. The standard InChI is InChI=1S/C34H33ClF3NO5S/c1-45(42,43)31-21-28(17-16-26(31)20-32(40)41)44-19-9-18-39(22-27-14-8-15-30(33(27)35)34(36,37)38)23-29(24-10-4-2-5-11-24)25-12-6-3-7-13-25/h2-8,10-17,21,29H,9,18-20,22-23H2,1H3,(H,40,41). The van der Waals surface area contributed by atoms with Gasteiger partial charge in [0.15, 0.2) is 9.84 Å². The Hall–Kier alpha value is -3.86. The number of hydrogen-bond donors (Lipinski definition) is 1. The van der Waals surface area contributed by atoms with Gasteiger partial charge in [0.1, 0.15) is 5.75 Å². The lowest BCUT2D eigenvalue weighted by atomic mass is 9.90. The van der Waals surface area contributed by atoms with Crippen molar-refractivity contribution in [1.29, 1.82) is 0 Å². The lowest BCUT2D eigenvalue weighted by Crippen LogP contribution is -2.31. The topological polar surface area (TPSA) is 83.9 Å². The molecule has 0 radical (unpaired) electrons. The number of carboxylic acid groups (broad SMARTS) is 1. The minimum Gasteiger partial charge on any atom is -0.494 e. The second-order valence-electron chi connectivity index (χ2n) is 10.7. The van der Waals surface area contributed by atoms with Gasteiger partial charge in [0.05, 0.1) is 28.5 Å². The first-order valence-corrected chi connectivity index (χ1v) is 16.4. The molecule has 0 spiro atoms. The maximum absolute atomic E-state index is 13.6. The molecule has 0 amide bonds. The van der Waals surface area contributed by atoms with Crippen LogP contribution in [0.15, 0.2) is 102 Å². The first-order valence-electron chi connectivity index (χ1n) is 14.2. The fraction of sp³-hybridized carbons (Fsp3) is 0.265. The number of hydrogen-bond acceptors (Lipinski definition) is 5. The number of rotatable bonds is 14. The highest BCUT2D eigenvalue weighted by Gasteiger charge is 2.34. The van der Waals surface area contributed by atoms with Crippen molar-refractivity contribution in [3.63, 3.8) is 0 Å². The summed E-state index contributed by atoms with van der Waals surface area (Å²) in [5.74, 6) is -0.973. The van der Waals surface area contributed by atoms with Crippen LogP contribution in [0.25, 0.3) is 0 Å². The molecule has 0 heterocycles. The van der Waals surface area contributed by atoms with Crippen LogP contribution < -0.4 is 4.74 Å². The highest BCUT2D eigenvalue weighted by molar-refractivity contribution is 7.90. The van der Waals surface area contributed by atoms with Crippen LogP contribution in [0.1, 0.15) is 40.2 Å². The monoisotopic (exact) mass is 659 g/mol. The Morgan fingerprint density at radius 1 is 0.911 bits per heavy atom. The van der Waals surface area contributed by atoms with Crippen LogP contribution in [0, 0.1) is 0 Å². The van der Waals surface area contributed by atoms with Crippen molar-refractivity contribution in [2.24, 2.45) is 0 Å². The minimum absolute atomic E-state index is 0.0861. The number of benzene rings is 4. The normalized spacial score (nSPS) is 12.1. The fourth-order valence-electron chi connectivity index (χ4n) is 5.19. The molecule has 0 aromatic heterocycles. The Bertz CT molecular complexity index is 1660.